The molecule has 0 fully saturated rings. The van der Waals surface area contributed by atoms with Crippen LogP contribution in [0.15, 0.2) is 78.7 Å². The Kier molecular flexibility index (Phi) is 10.2. The first-order chi connectivity index (χ1) is 16.8. The molecule has 4 aromatic rings. The van der Waals surface area contributed by atoms with Crippen LogP contribution in [0.2, 0.25) is 0 Å². The summed E-state index contributed by atoms with van der Waals surface area (Å²) in [4.78, 5) is 14.6. The number of allylic oxidation sites excluding steroid dienone is 2. The summed E-state index contributed by atoms with van der Waals surface area (Å²) in [5.74, 6) is -2.70. The SMILES string of the molecule is C/C(O)=C/C(=O)C(F)(F)F.CC(C)(C)CCc1ccc2cc(-c3[c-]cc4ccccc4c3)ncc2c1.[Ir]. The van der Waals surface area contributed by atoms with Crippen molar-refractivity contribution in [3.05, 3.63) is 90.3 Å². The van der Waals surface area contributed by atoms with Crippen molar-refractivity contribution < 1.29 is 43.2 Å². The number of carbonyl (C=O) groups is 1. The smallest absolute Gasteiger partial charge is 0.454 e. The maximum Gasteiger partial charge on any atom is 0.454 e. The number of aryl methyl sites for hydroxylation is 1. The normalized spacial score (nSPS) is 12.0. The maximum absolute atomic E-state index is 11.3. The fourth-order valence-electron chi connectivity index (χ4n) is 3.56. The number of aromatic nitrogens is 1. The Morgan fingerprint density at radius 1 is 0.973 bits per heavy atom. The van der Waals surface area contributed by atoms with Crippen LogP contribution in [0.5, 0.6) is 0 Å². The molecule has 1 radical (unpaired) electrons. The van der Waals surface area contributed by atoms with Crippen LogP contribution < -0.4 is 0 Å². The summed E-state index contributed by atoms with van der Waals surface area (Å²) in [7, 11) is 0. The second-order valence-corrected chi connectivity index (χ2v) is 9.94. The van der Waals surface area contributed by atoms with Gasteiger partial charge in [0, 0.05) is 32.4 Å². The number of nitrogens with zero attached hydrogens (tertiary/aromatic N) is 1. The molecule has 1 heterocycles. The van der Waals surface area contributed by atoms with Gasteiger partial charge in [0.25, 0.3) is 5.78 Å². The average Bonchev–Trinajstić information content (AvgIpc) is 2.81. The average molecular weight is 685 g/mol. The van der Waals surface area contributed by atoms with Crippen LogP contribution in [-0.4, -0.2) is 22.1 Å². The van der Waals surface area contributed by atoms with Gasteiger partial charge >= 0.3 is 6.18 Å². The predicted molar refractivity (Wildman–Crippen MR) is 139 cm³/mol. The van der Waals surface area contributed by atoms with E-state index in [0.717, 1.165) is 24.6 Å². The van der Waals surface area contributed by atoms with Crippen LogP contribution >= 0.6 is 0 Å². The van der Waals surface area contributed by atoms with E-state index in [-0.39, 0.29) is 26.2 Å². The molecule has 0 saturated heterocycles. The number of fused-ring (bicyclic) bond motifs is 2. The molecule has 3 nitrogen and oxygen atoms in total. The molecule has 3 aromatic carbocycles. The number of aliphatic hydroxyl groups is 1. The Morgan fingerprint density at radius 2 is 1.62 bits per heavy atom. The van der Waals surface area contributed by atoms with E-state index in [9.17, 15) is 18.0 Å². The van der Waals surface area contributed by atoms with E-state index in [4.69, 9.17) is 10.1 Å². The Hall–Kier alpha value is -3.02. The predicted octanol–water partition coefficient (Wildman–Crippen LogP) is 8.41. The fourth-order valence-corrected chi connectivity index (χ4v) is 3.56. The zero-order chi connectivity index (χ0) is 26.5. The van der Waals surface area contributed by atoms with Gasteiger partial charge in [0.1, 0.15) is 0 Å². The van der Waals surface area contributed by atoms with E-state index in [1.165, 1.54) is 33.5 Å². The van der Waals surface area contributed by atoms with Gasteiger partial charge in [0.15, 0.2) is 0 Å². The monoisotopic (exact) mass is 685 g/mol. The Balaban J connectivity index is 0.000000376. The third-order valence-electron chi connectivity index (χ3n) is 5.52. The van der Waals surface area contributed by atoms with Gasteiger partial charge in [0.2, 0.25) is 0 Å². The van der Waals surface area contributed by atoms with Crippen LogP contribution in [0.4, 0.5) is 13.2 Å². The molecule has 0 spiro atoms. The van der Waals surface area contributed by atoms with E-state index in [1.807, 2.05) is 12.3 Å². The molecule has 0 aliphatic rings. The summed E-state index contributed by atoms with van der Waals surface area (Å²) >= 11 is 0. The number of rotatable bonds is 4. The first-order valence-electron chi connectivity index (χ1n) is 11.6. The maximum atomic E-state index is 11.3. The molecule has 197 valence electrons. The van der Waals surface area contributed by atoms with Crippen molar-refractivity contribution in [3.8, 4) is 11.3 Å². The van der Waals surface area contributed by atoms with E-state index >= 15 is 0 Å². The summed E-state index contributed by atoms with van der Waals surface area (Å²) in [6.07, 6.45) is -0.464. The molecule has 0 atom stereocenters. The van der Waals surface area contributed by atoms with E-state index < -0.39 is 17.7 Å². The number of alkyl halides is 3. The minimum absolute atomic E-state index is 0. The summed E-state index contributed by atoms with van der Waals surface area (Å²) in [5, 5.41) is 13.1. The molecule has 0 aliphatic carbocycles. The number of hydrogen-bond acceptors (Lipinski definition) is 3. The second-order valence-electron chi connectivity index (χ2n) is 9.94. The summed E-state index contributed by atoms with van der Waals surface area (Å²) in [6.45, 7) is 7.87. The third-order valence-corrected chi connectivity index (χ3v) is 5.52. The molecular weight excluding hydrogens is 656 g/mol. The molecule has 0 aliphatic heterocycles. The molecule has 0 amide bonds. The van der Waals surface area contributed by atoms with Crippen LogP contribution in [-0.2, 0) is 31.3 Å². The van der Waals surface area contributed by atoms with E-state index in [0.29, 0.717) is 5.41 Å². The van der Waals surface area contributed by atoms with Crippen molar-refractivity contribution >= 4 is 27.3 Å². The van der Waals surface area contributed by atoms with Gasteiger partial charge < -0.3 is 10.1 Å². The quantitative estimate of drug-likeness (QED) is 0.134. The first-order valence-corrected chi connectivity index (χ1v) is 11.6. The van der Waals surface area contributed by atoms with Crippen molar-refractivity contribution in [2.45, 2.75) is 46.7 Å². The van der Waals surface area contributed by atoms with Crippen LogP contribution in [0.3, 0.4) is 0 Å². The van der Waals surface area contributed by atoms with Crippen LogP contribution in [0.1, 0.15) is 39.7 Å². The largest absolute Gasteiger partial charge is 0.512 e. The van der Waals surface area contributed by atoms with Crippen molar-refractivity contribution in [2.24, 2.45) is 5.41 Å². The van der Waals surface area contributed by atoms with Crippen LogP contribution in [0.25, 0.3) is 32.8 Å². The number of halogens is 3. The summed E-state index contributed by atoms with van der Waals surface area (Å²) in [5.41, 5.74) is 3.77. The standard InChI is InChI=1S/C25H24N.C5H5F3O2.Ir/c1-25(2,3)13-12-18-8-9-21-16-24(26-17-23(21)14-18)22-11-10-19-6-4-5-7-20(19)15-22;1-3(9)2-4(10)5(6,7)8;/h4-10,14-17H,12-13H2,1-3H3;2,9H,1H3;/q-1;;/b;3-2-;. The Morgan fingerprint density at radius 3 is 2.22 bits per heavy atom. The molecule has 0 saturated carbocycles. The Bertz CT molecular complexity index is 1400. The molecule has 0 unspecified atom stereocenters. The fraction of sp³-hybridized carbons (Fsp3) is 0.267. The van der Waals surface area contributed by atoms with Gasteiger partial charge in [-0.05, 0) is 53.3 Å². The number of aliphatic hydroxyl groups excluding tert-OH is 1. The molecule has 37 heavy (non-hydrogen) atoms. The second kappa shape index (κ2) is 12.5. The number of carbonyl (C=O) groups excluding carboxylic acids is 1. The minimum atomic E-state index is -4.88. The number of benzene rings is 3. The van der Waals surface area contributed by atoms with Crippen molar-refractivity contribution in [3.63, 3.8) is 0 Å². The van der Waals surface area contributed by atoms with Gasteiger partial charge in [-0.1, -0.05) is 68.6 Å². The van der Waals surface area contributed by atoms with E-state index in [1.54, 1.807) is 0 Å². The zero-order valence-electron chi connectivity index (χ0n) is 21.1. The summed E-state index contributed by atoms with van der Waals surface area (Å²) in [6, 6.07) is 24.9. The number of pyridine rings is 1. The Labute approximate surface area is 228 Å². The summed E-state index contributed by atoms with van der Waals surface area (Å²) < 4.78 is 33.9. The van der Waals surface area contributed by atoms with Crippen molar-refractivity contribution in [2.75, 3.05) is 0 Å². The third kappa shape index (κ3) is 9.10. The minimum Gasteiger partial charge on any atom is -0.512 e. The van der Waals surface area contributed by atoms with E-state index in [2.05, 4.69) is 81.4 Å². The molecule has 4 rings (SSSR count). The molecular formula is C30H29F3IrNO2-. The van der Waals surface area contributed by atoms with Crippen molar-refractivity contribution in [1.82, 2.24) is 4.98 Å². The number of ketones is 1. The van der Waals surface area contributed by atoms with Gasteiger partial charge in [-0.15, -0.1) is 29.1 Å². The molecule has 0 bridgehead atoms. The topological polar surface area (TPSA) is 50.2 Å². The molecule has 1 aromatic heterocycles. The molecule has 7 heteroatoms. The van der Waals surface area contributed by atoms with Gasteiger partial charge in [-0.3, -0.25) is 4.79 Å². The molecule has 1 N–H and O–H groups in total. The first kappa shape index (κ1) is 30.2. The van der Waals surface area contributed by atoms with Crippen molar-refractivity contribution in [1.29, 1.82) is 0 Å². The van der Waals surface area contributed by atoms with Gasteiger partial charge in [-0.25, -0.2) is 0 Å². The van der Waals surface area contributed by atoms with Gasteiger partial charge in [0.05, 0.1) is 5.76 Å². The van der Waals surface area contributed by atoms with Gasteiger partial charge in [-0.2, -0.15) is 13.2 Å². The van der Waals surface area contributed by atoms with Crippen LogP contribution in [0, 0.1) is 11.5 Å². The zero-order valence-corrected chi connectivity index (χ0v) is 23.5. The number of hydrogen-bond donors (Lipinski definition) is 1.